The fraction of sp³-hybridized carbons (Fsp3) is 0.533. The first-order valence-electron chi connectivity index (χ1n) is 6.58. The van der Waals surface area contributed by atoms with E-state index in [1.807, 2.05) is 20.8 Å². The Kier molecular flexibility index (Phi) is 4.85. The van der Waals surface area contributed by atoms with Crippen LogP contribution in [0.2, 0.25) is 0 Å². The average molecular weight is 313 g/mol. The van der Waals surface area contributed by atoms with Crippen molar-refractivity contribution < 1.29 is 17.9 Å². The van der Waals surface area contributed by atoms with Crippen molar-refractivity contribution >= 4 is 15.8 Å². The maximum Gasteiger partial charge on any atom is 0.306 e. The Labute approximate surface area is 126 Å². The van der Waals surface area contributed by atoms with Crippen LogP contribution in [0.5, 0.6) is 0 Å². The number of esters is 1. The summed E-state index contributed by atoms with van der Waals surface area (Å²) in [6.07, 6.45) is 1.27. The molecule has 0 bridgehead atoms. The van der Waals surface area contributed by atoms with Gasteiger partial charge in [0.2, 0.25) is 0 Å². The van der Waals surface area contributed by atoms with E-state index in [4.69, 9.17) is 10.5 Å². The molecule has 1 rings (SSSR count). The molecule has 1 unspecified atom stereocenters. The highest BCUT2D eigenvalue weighted by molar-refractivity contribution is 7.90. The van der Waals surface area contributed by atoms with Crippen LogP contribution in [0, 0.1) is 0 Å². The number of rotatable bonds is 5. The molecule has 0 amide bonds. The minimum atomic E-state index is -3.25. The molecule has 0 aliphatic rings. The molecule has 1 aromatic carbocycles. The first kappa shape index (κ1) is 17.7. The van der Waals surface area contributed by atoms with Gasteiger partial charge in [0.1, 0.15) is 0 Å². The molecule has 0 heterocycles. The highest BCUT2D eigenvalue weighted by atomic mass is 32.2. The highest BCUT2D eigenvalue weighted by Crippen LogP contribution is 2.37. The summed E-state index contributed by atoms with van der Waals surface area (Å²) in [6.45, 7) is 5.54. The molecule has 0 fully saturated rings. The molecule has 0 saturated heterocycles. The van der Waals surface area contributed by atoms with Gasteiger partial charge in [0.25, 0.3) is 0 Å². The summed E-state index contributed by atoms with van der Waals surface area (Å²) in [4.78, 5) is 11.9. The van der Waals surface area contributed by atoms with Crippen molar-refractivity contribution in [3.63, 3.8) is 0 Å². The van der Waals surface area contributed by atoms with E-state index in [-0.39, 0.29) is 17.3 Å². The normalized spacial score (nSPS) is 15.3. The minimum Gasteiger partial charge on any atom is -0.469 e. The van der Waals surface area contributed by atoms with Crippen molar-refractivity contribution in [2.45, 2.75) is 43.0 Å². The Morgan fingerprint density at radius 3 is 2.00 bits per heavy atom. The molecule has 0 saturated carbocycles. The van der Waals surface area contributed by atoms with Gasteiger partial charge < -0.3 is 10.5 Å². The second-order valence-electron chi connectivity index (χ2n) is 6.10. The number of methoxy groups -OCH3 is 1. The maximum absolute atomic E-state index is 11.7. The predicted molar refractivity (Wildman–Crippen MR) is 81.8 cm³/mol. The summed E-state index contributed by atoms with van der Waals surface area (Å²) in [5, 5.41) is 0. The van der Waals surface area contributed by atoms with Crippen LogP contribution >= 0.6 is 0 Å². The molecule has 0 aromatic heterocycles. The van der Waals surface area contributed by atoms with Gasteiger partial charge in [-0.05, 0) is 31.5 Å². The molecule has 2 N–H and O–H groups in total. The van der Waals surface area contributed by atoms with E-state index in [1.54, 1.807) is 12.1 Å². The number of carbonyl (C=O) groups excluding carboxylic acids is 1. The molecule has 0 aliphatic carbocycles. The lowest BCUT2D eigenvalue weighted by Gasteiger charge is -2.41. The second kappa shape index (κ2) is 5.77. The quantitative estimate of drug-likeness (QED) is 0.835. The summed E-state index contributed by atoms with van der Waals surface area (Å²) in [7, 11) is -1.92. The van der Waals surface area contributed by atoms with Crippen molar-refractivity contribution in [2.75, 3.05) is 13.4 Å². The van der Waals surface area contributed by atoms with E-state index < -0.39 is 20.8 Å². The summed E-state index contributed by atoms with van der Waals surface area (Å²) in [5.74, 6) is -0.358. The average Bonchev–Trinajstić information content (AvgIpc) is 2.36. The van der Waals surface area contributed by atoms with E-state index in [0.29, 0.717) is 0 Å². The van der Waals surface area contributed by atoms with Crippen LogP contribution in [0.4, 0.5) is 0 Å². The van der Waals surface area contributed by atoms with E-state index in [2.05, 4.69) is 0 Å². The van der Waals surface area contributed by atoms with Gasteiger partial charge in [0.15, 0.2) is 9.84 Å². The third-order valence-corrected chi connectivity index (χ3v) is 5.20. The molecule has 0 radical (unpaired) electrons. The van der Waals surface area contributed by atoms with Gasteiger partial charge in [-0.3, -0.25) is 4.79 Å². The summed E-state index contributed by atoms with van der Waals surface area (Å²) in [5.41, 5.74) is 5.69. The molecule has 1 atom stereocenters. The van der Waals surface area contributed by atoms with Crippen molar-refractivity contribution in [1.82, 2.24) is 0 Å². The zero-order valence-corrected chi connectivity index (χ0v) is 14.0. The van der Waals surface area contributed by atoms with Crippen LogP contribution in [0.25, 0.3) is 0 Å². The number of nitrogens with two attached hydrogens (primary N) is 1. The van der Waals surface area contributed by atoms with Gasteiger partial charge in [-0.1, -0.05) is 19.1 Å². The summed E-state index contributed by atoms with van der Waals surface area (Å²) in [6, 6.07) is 6.47. The number of hydrogen-bond donors (Lipinski definition) is 1. The Bertz CT molecular complexity index is 614. The molecule has 21 heavy (non-hydrogen) atoms. The smallest absolute Gasteiger partial charge is 0.306 e. The van der Waals surface area contributed by atoms with Crippen molar-refractivity contribution in [3.05, 3.63) is 29.8 Å². The largest absolute Gasteiger partial charge is 0.469 e. The number of carbonyl (C=O) groups is 1. The number of sulfone groups is 1. The van der Waals surface area contributed by atoms with Crippen LogP contribution in [-0.4, -0.2) is 33.3 Å². The number of hydrogen-bond acceptors (Lipinski definition) is 5. The number of ether oxygens (including phenoxy) is 1. The van der Waals surface area contributed by atoms with Gasteiger partial charge >= 0.3 is 5.97 Å². The molecule has 0 spiro atoms. The molecular formula is C15H23NO4S. The lowest BCUT2D eigenvalue weighted by molar-refractivity contribution is -0.142. The van der Waals surface area contributed by atoms with Crippen LogP contribution in [-0.2, 0) is 24.8 Å². The fourth-order valence-corrected chi connectivity index (χ4v) is 2.76. The van der Waals surface area contributed by atoms with E-state index in [0.717, 1.165) is 11.8 Å². The number of benzene rings is 1. The Balaban J connectivity index is 3.31. The fourth-order valence-electron chi connectivity index (χ4n) is 2.13. The topological polar surface area (TPSA) is 86.5 Å². The SMILES string of the molecule is COC(=O)CC(C)(c1ccc(S(C)(=O)=O)cc1)C(C)(C)N. The van der Waals surface area contributed by atoms with E-state index >= 15 is 0 Å². The van der Waals surface area contributed by atoms with Crippen LogP contribution in [0.15, 0.2) is 29.2 Å². The zero-order valence-electron chi connectivity index (χ0n) is 13.1. The lowest BCUT2D eigenvalue weighted by atomic mass is 9.66. The maximum atomic E-state index is 11.7. The third kappa shape index (κ3) is 3.83. The van der Waals surface area contributed by atoms with Crippen molar-refractivity contribution in [3.8, 4) is 0 Å². The summed E-state index contributed by atoms with van der Waals surface area (Å²) >= 11 is 0. The molecule has 1 aromatic rings. The second-order valence-corrected chi connectivity index (χ2v) is 8.12. The van der Waals surface area contributed by atoms with Gasteiger partial charge in [0, 0.05) is 17.2 Å². The first-order valence-corrected chi connectivity index (χ1v) is 8.47. The van der Waals surface area contributed by atoms with Gasteiger partial charge in [-0.15, -0.1) is 0 Å². The molecule has 118 valence electrons. The van der Waals surface area contributed by atoms with Crippen LogP contribution in [0.1, 0.15) is 32.8 Å². The Hall–Kier alpha value is -1.40. The highest BCUT2D eigenvalue weighted by Gasteiger charge is 2.41. The standard InChI is InChI=1S/C15H23NO4S/c1-14(2,16)15(3,10-13(17)20-4)11-6-8-12(9-7-11)21(5,18)19/h6-9H,10,16H2,1-5H3. The molecule has 5 nitrogen and oxygen atoms in total. The Morgan fingerprint density at radius 1 is 1.19 bits per heavy atom. The zero-order chi connectivity index (χ0) is 16.5. The van der Waals surface area contributed by atoms with Crippen LogP contribution in [0.3, 0.4) is 0 Å². The third-order valence-electron chi connectivity index (χ3n) is 4.07. The van der Waals surface area contributed by atoms with Crippen LogP contribution < -0.4 is 5.73 Å². The summed E-state index contributed by atoms with van der Waals surface area (Å²) < 4.78 is 27.8. The molecular weight excluding hydrogens is 290 g/mol. The van der Waals surface area contributed by atoms with Gasteiger partial charge in [-0.25, -0.2) is 8.42 Å². The van der Waals surface area contributed by atoms with E-state index in [1.165, 1.54) is 19.2 Å². The van der Waals surface area contributed by atoms with Crippen molar-refractivity contribution in [1.29, 1.82) is 0 Å². The van der Waals surface area contributed by atoms with Gasteiger partial charge in [0.05, 0.1) is 18.4 Å². The van der Waals surface area contributed by atoms with Gasteiger partial charge in [-0.2, -0.15) is 0 Å². The first-order chi connectivity index (χ1) is 9.41. The monoisotopic (exact) mass is 313 g/mol. The predicted octanol–water partition coefficient (Wildman–Crippen LogP) is 1.65. The molecule has 6 heteroatoms. The van der Waals surface area contributed by atoms with Crippen molar-refractivity contribution in [2.24, 2.45) is 5.73 Å². The lowest BCUT2D eigenvalue weighted by Crippen LogP contribution is -2.53. The Morgan fingerprint density at radius 2 is 1.67 bits per heavy atom. The minimum absolute atomic E-state index is 0.116. The van der Waals surface area contributed by atoms with E-state index in [9.17, 15) is 13.2 Å². The molecule has 0 aliphatic heterocycles.